The van der Waals surface area contributed by atoms with E-state index in [2.05, 4.69) is 5.32 Å². The highest BCUT2D eigenvalue weighted by Crippen LogP contribution is 2.41. The number of sulfonamides is 1. The van der Waals surface area contributed by atoms with Gasteiger partial charge in [-0.15, -0.1) is 0 Å². The predicted molar refractivity (Wildman–Crippen MR) is 131 cm³/mol. The molecule has 0 aliphatic carbocycles. The van der Waals surface area contributed by atoms with Gasteiger partial charge in [-0.25, -0.2) is 8.42 Å². The van der Waals surface area contributed by atoms with Gasteiger partial charge in [0.2, 0.25) is 5.91 Å². The minimum absolute atomic E-state index is 0.122. The number of ether oxygens (including phenoxy) is 2. The molecule has 4 rings (SSSR count). The van der Waals surface area contributed by atoms with Crippen molar-refractivity contribution in [3.8, 4) is 11.5 Å². The molecule has 0 aromatic heterocycles. The second-order valence-electron chi connectivity index (χ2n) is 8.75. The molecule has 1 aliphatic heterocycles. The van der Waals surface area contributed by atoms with Gasteiger partial charge in [-0.05, 0) is 50.2 Å². The molecule has 1 aliphatic rings. The van der Waals surface area contributed by atoms with E-state index < -0.39 is 21.5 Å². The fourth-order valence-electron chi connectivity index (χ4n) is 4.09. The van der Waals surface area contributed by atoms with Crippen molar-refractivity contribution in [1.29, 1.82) is 0 Å². The van der Waals surface area contributed by atoms with Gasteiger partial charge in [-0.2, -0.15) is 0 Å². The topological polar surface area (TPSA) is 84.9 Å². The molecule has 1 amide bonds. The van der Waals surface area contributed by atoms with E-state index in [-0.39, 0.29) is 17.5 Å². The molecular weight excluding hydrogens is 452 g/mol. The second-order valence-corrected chi connectivity index (χ2v) is 10.6. The standard InChI is InChI=1S/C26H28N2O5S/c1-26(2)17-23(22-15-14-20(32-3)16-24(22)33-26)27-25(29)18-28(19-10-6-4-7-11-19)34(30,31)21-12-8-5-9-13-21/h4-16,23H,17-18H2,1-3H3,(H,27,29). The Balaban J connectivity index is 1.62. The molecule has 7 nitrogen and oxygen atoms in total. The number of hydrogen-bond donors (Lipinski definition) is 1. The van der Waals surface area contributed by atoms with Crippen molar-refractivity contribution in [3.05, 3.63) is 84.4 Å². The Labute approximate surface area is 200 Å². The second kappa shape index (κ2) is 9.38. The van der Waals surface area contributed by atoms with Gasteiger partial charge in [-0.1, -0.05) is 36.4 Å². The molecule has 3 aromatic rings. The molecule has 34 heavy (non-hydrogen) atoms. The largest absolute Gasteiger partial charge is 0.497 e. The maximum absolute atomic E-state index is 13.4. The van der Waals surface area contributed by atoms with Crippen LogP contribution in [-0.2, 0) is 14.8 Å². The van der Waals surface area contributed by atoms with Crippen molar-refractivity contribution >= 4 is 21.6 Å². The van der Waals surface area contributed by atoms with E-state index in [0.29, 0.717) is 23.6 Å². The van der Waals surface area contributed by atoms with E-state index in [1.54, 1.807) is 61.7 Å². The number of fused-ring (bicyclic) bond motifs is 1. The molecule has 0 saturated heterocycles. The molecule has 1 N–H and O–H groups in total. The smallest absolute Gasteiger partial charge is 0.264 e. The zero-order valence-corrected chi connectivity index (χ0v) is 20.2. The lowest BCUT2D eigenvalue weighted by Gasteiger charge is -2.38. The summed E-state index contributed by atoms with van der Waals surface area (Å²) in [4.78, 5) is 13.4. The van der Waals surface area contributed by atoms with E-state index in [1.807, 2.05) is 26.0 Å². The molecule has 178 valence electrons. The summed E-state index contributed by atoms with van der Waals surface area (Å²) in [6, 6.07) is 21.9. The maximum atomic E-state index is 13.4. The van der Waals surface area contributed by atoms with E-state index >= 15 is 0 Å². The summed E-state index contributed by atoms with van der Waals surface area (Å²) < 4.78 is 39.4. The fourth-order valence-corrected chi connectivity index (χ4v) is 5.53. The monoisotopic (exact) mass is 480 g/mol. The summed E-state index contributed by atoms with van der Waals surface area (Å²) in [5, 5.41) is 3.03. The van der Waals surface area contributed by atoms with Gasteiger partial charge >= 0.3 is 0 Å². The third-order valence-electron chi connectivity index (χ3n) is 5.68. The van der Waals surface area contributed by atoms with Gasteiger partial charge in [0.1, 0.15) is 23.6 Å². The molecule has 0 fully saturated rings. The molecule has 1 atom stereocenters. The van der Waals surface area contributed by atoms with Crippen LogP contribution in [0.2, 0.25) is 0 Å². The van der Waals surface area contributed by atoms with Gasteiger partial charge in [0, 0.05) is 18.1 Å². The van der Waals surface area contributed by atoms with Gasteiger partial charge in [-0.3, -0.25) is 9.10 Å². The summed E-state index contributed by atoms with van der Waals surface area (Å²) in [6.07, 6.45) is 0.537. The highest BCUT2D eigenvalue weighted by Gasteiger charge is 2.36. The van der Waals surface area contributed by atoms with Crippen LogP contribution in [0.15, 0.2) is 83.8 Å². The van der Waals surface area contributed by atoms with Crippen LogP contribution in [0.5, 0.6) is 11.5 Å². The van der Waals surface area contributed by atoms with Crippen molar-refractivity contribution in [1.82, 2.24) is 5.32 Å². The summed E-state index contributed by atoms with van der Waals surface area (Å²) >= 11 is 0. The summed E-state index contributed by atoms with van der Waals surface area (Å²) in [6.45, 7) is 3.54. The lowest BCUT2D eigenvalue weighted by molar-refractivity contribution is -0.120. The first-order valence-electron chi connectivity index (χ1n) is 11.0. The third-order valence-corrected chi connectivity index (χ3v) is 7.46. The Kier molecular flexibility index (Phi) is 6.52. The number of carbonyl (C=O) groups excluding carboxylic acids is 1. The summed E-state index contributed by atoms with van der Waals surface area (Å²) in [5.41, 5.74) is 0.719. The van der Waals surface area contributed by atoms with Crippen molar-refractivity contribution in [2.45, 2.75) is 36.8 Å². The van der Waals surface area contributed by atoms with Crippen LogP contribution in [0.3, 0.4) is 0 Å². The molecule has 0 radical (unpaired) electrons. The lowest BCUT2D eigenvalue weighted by Crippen LogP contribution is -2.45. The zero-order chi connectivity index (χ0) is 24.3. The third kappa shape index (κ3) is 5.02. The number of hydrogen-bond acceptors (Lipinski definition) is 5. The van der Waals surface area contributed by atoms with Gasteiger partial charge in [0.15, 0.2) is 0 Å². The first kappa shape index (κ1) is 23.6. The average molecular weight is 481 g/mol. The molecule has 8 heteroatoms. The molecular formula is C26H28N2O5S. The van der Waals surface area contributed by atoms with Crippen LogP contribution in [0, 0.1) is 0 Å². The molecule has 1 heterocycles. The Morgan fingerprint density at radius 3 is 2.35 bits per heavy atom. The molecule has 0 bridgehead atoms. The quantitative estimate of drug-likeness (QED) is 0.545. The SMILES string of the molecule is COc1ccc2c(c1)OC(C)(C)CC2NC(=O)CN(c1ccccc1)S(=O)(=O)c1ccccc1. The van der Waals surface area contributed by atoms with E-state index in [0.717, 1.165) is 9.87 Å². The Hall–Kier alpha value is -3.52. The van der Waals surface area contributed by atoms with Crippen molar-refractivity contribution in [2.75, 3.05) is 18.0 Å². The van der Waals surface area contributed by atoms with Crippen molar-refractivity contribution in [2.24, 2.45) is 0 Å². The van der Waals surface area contributed by atoms with Crippen molar-refractivity contribution in [3.63, 3.8) is 0 Å². The summed E-state index contributed by atoms with van der Waals surface area (Å²) in [5.74, 6) is 0.885. The molecule has 1 unspecified atom stereocenters. The average Bonchev–Trinajstić information content (AvgIpc) is 2.82. The molecule has 0 spiro atoms. The van der Waals surface area contributed by atoms with Crippen LogP contribution >= 0.6 is 0 Å². The maximum Gasteiger partial charge on any atom is 0.264 e. The number of nitrogens with zero attached hydrogens (tertiary/aromatic N) is 1. The Morgan fingerprint density at radius 1 is 1.06 bits per heavy atom. The summed E-state index contributed by atoms with van der Waals surface area (Å²) in [7, 11) is -2.37. The van der Waals surface area contributed by atoms with Crippen molar-refractivity contribution < 1.29 is 22.7 Å². The van der Waals surface area contributed by atoms with Crippen LogP contribution in [-0.4, -0.2) is 33.6 Å². The van der Waals surface area contributed by atoms with Gasteiger partial charge in [0.25, 0.3) is 10.0 Å². The highest BCUT2D eigenvalue weighted by molar-refractivity contribution is 7.92. The van der Waals surface area contributed by atoms with E-state index in [1.165, 1.54) is 12.1 Å². The highest BCUT2D eigenvalue weighted by atomic mass is 32.2. The van der Waals surface area contributed by atoms with Crippen LogP contribution in [0.1, 0.15) is 31.9 Å². The minimum Gasteiger partial charge on any atom is -0.497 e. The number of methoxy groups -OCH3 is 1. The Morgan fingerprint density at radius 2 is 1.71 bits per heavy atom. The number of amides is 1. The number of para-hydroxylation sites is 1. The first-order valence-corrected chi connectivity index (χ1v) is 12.4. The zero-order valence-electron chi connectivity index (χ0n) is 19.4. The predicted octanol–water partition coefficient (Wildman–Crippen LogP) is 4.31. The van der Waals surface area contributed by atoms with Crippen LogP contribution in [0.4, 0.5) is 5.69 Å². The number of carbonyl (C=O) groups is 1. The molecule has 3 aromatic carbocycles. The normalized spacial score (nSPS) is 16.6. The first-order chi connectivity index (χ1) is 16.2. The van der Waals surface area contributed by atoms with Gasteiger partial charge in [0.05, 0.1) is 23.7 Å². The number of benzene rings is 3. The number of anilines is 1. The fraction of sp³-hybridized carbons (Fsp3) is 0.269. The van der Waals surface area contributed by atoms with Gasteiger partial charge < -0.3 is 14.8 Å². The van der Waals surface area contributed by atoms with E-state index in [9.17, 15) is 13.2 Å². The van der Waals surface area contributed by atoms with E-state index in [4.69, 9.17) is 9.47 Å². The number of nitrogens with one attached hydrogen (secondary N) is 1. The Bertz CT molecular complexity index is 1260. The van der Waals surface area contributed by atoms with Crippen LogP contribution < -0.4 is 19.1 Å². The lowest BCUT2D eigenvalue weighted by atomic mass is 9.89. The molecule has 0 saturated carbocycles. The van der Waals surface area contributed by atoms with Crippen LogP contribution in [0.25, 0.3) is 0 Å². The minimum atomic E-state index is -3.95. The number of rotatable bonds is 7.